The van der Waals surface area contributed by atoms with E-state index in [0.29, 0.717) is 19.5 Å². The lowest BCUT2D eigenvalue weighted by molar-refractivity contribution is -0.131. The number of amides is 2. The number of hydrogen-bond acceptors (Lipinski definition) is 2. The van der Waals surface area contributed by atoms with Crippen molar-refractivity contribution in [3.63, 3.8) is 0 Å². The summed E-state index contributed by atoms with van der Waals surface area (Å²) < 4.78 is 0. The monoisotopic (exact) mass is 290 g/mol. The molecule has 0 saturated heterocycles. The second-order valence-corrected chi connectivity index (χ2v) is 5.29. The minimum Gasteiger partial charge on any atom is -0.370 e. The number of nitrogens with two attached hydrogens (primary N) is 1. The third-order valence-corrected chi connectivity index (χ3v) is 3.49. The number of nitrogens with zero attached hydrogens (tertiary/aromatic N) is 1. The molecule has 0 aliphatic heterocycles. The number of primary amides is 1. The highest BCUT2D eigenvalue weighted by atomic mass is 16.2. The number of rotatable bonds is 10. The van der Waals surface area contributed by atoms with Gasteiger partial charge >= 0.3 is 0 Å². The summed E-state index contributed by atoms with van der Waals surface area (Å²) in [6.45, 7) is 3.18. The van der Waals surface area contributed by atoms with Crippen LogP contribution >= 0.6 is 0 Å². The Kier molecular flexibility index (Phi) is 8.17. The van der Waals surface area contributed by atoms with E-state index < -0.39 is 0 Å². The molecule has 0 unspecified atom stereocenters. The Morgan fingerprint density at radius 3 is 2.38 bits per heavy atom. The van der Waals surface area contributed by atoms with Crippen LogP contribution in [0.3, 0.4) is 0 Å². The summed E-state index contributed by atoms with van der Waals surface area (Å²) in [5, 5.41) is 0. The lowest BCUT2D eigenvalue weighted by atomic mass is 10.1. The topological polar surface area (TPSA) is 63.4 Å². The highest BCUT2D eigenvalue weighted by Gasteiger charge is 2.13. The number of hydrogen-bond donors (Lipinski definition) is 1. The summed E-state index contributed by atoms with van der Waals surface area (Å²) in [6.07, 6.45) is 4.66. The Bertz CT molecular complexity index is 432. The van der Waals surface area contributed by atoms with Gasteiger partial charge in [-0.1, -0.05) is 50.1 Å². The summed E-state index contributed by atoms with van der Waals surface area (Å²) in [5.41, 5.74) is 6.39. The molecule has 0 saturated carbocycles. The minimum atomic E-state index is -0.360. The summed E-state index contributed by atoms with van der Waals surface area (Å²) in [6, 6.07) is 10.1. The van der Waals surface area contributed by atoms with Crippen LogP contribution in [0.5, 0.6) is 0 Å². The highest BCUT2D eigenvalue weighted by molar-refractivity contribution is 5.78. The molecule has 1 aromatic carbocycles. The van der Waals surface area contributed by atoms with Gasteiger partial charge in [-0.25, -0.2) is 0 Å². The van der Waals surface area contributed by atoms with Crippen molar-refractivity contribution in [2.45, 2.75) is 45.4 Å². The van der Waals surface area contributed by atoms with E-state index in [0.717, 1.165) is 25.7 Å². The first-order valence-corrected chi connectivity index (χ1v) is 7.73. The number of unbranched alkanes of at least 4 members (excludes halogenated alkanes) is 2. The van der Waals surface area contributed by atoms with Gasteiger partial charge in [0.25, 0.3) is 0 Å². The fraction of sp³-hybridized carbons (Fsp3) is 0.529. The van der Waals surface area contributed by atoms with Gasteiger partial charge in [-0.3, -0.25) is 9.59 Å². The van der Waals surface area contributed by atoms with Crippen molar-refractivity contribution >= 4 is 11.8 Å². The molecule has 1 aromatic rings. The first-order valence-electron chi connectivity index (χ1n) is 7.73. The van der Waals surface area contributed by atoms with Crippen molar-refractivity contribution in [2.24, 2.45) is 5.73 Å². The Morgan fingerprint density at radius 2 is 1.76 bits per heavy atom. The molecule has 0 bridgehead atoms. The normalized spacial score (nSPS) is 10.3. The number of carbonyl (C=O) groups excluding carboxylic acids is 2. The van der Waals surface area contributed by atoms with E-state index in [4.69, 9.17) is 5.73 Å². The van der Waals surface area contributed by atoms with Gasteiger partial charge < -0.3 is 10.6 Å². The van der Waals surface area contributed by atoms with Crippen LogP contribution in [0.15, 0.2) is 30.3 Å². The van der Waals surface area contributed by atoms with E-state index in [1.165, 1.54) is 5.56 Å². The summed E-state index contributed by atoms with van der Waals surface area (Å²) >= 11 is 0. The zero-order valence-electron chi connectivity index (χ0n) is 12.9. The number of carbonyl (C=O) groups is 2. The molecule has 4 heteroatoms. The van der Waals surface area contributed by atoms with E-state index in [1.54, 1.807) is 4.90 Å². The molecule has 0 spiro atoms. The largest absolute Gasteiger partial charge is 0.370 e. The highest BCUT2D eigenvalue weighted by Crippen LogP contribution is 2.07. The molecular weight excluding hydrogens is 264 g/mol. The molecule has 116 valence electrons. The SMILES string of the molecule is CCCCCC(=O)N(CCC(N)=O)CCc1ccccc1. The van der Waals surface area contributed by atoms with Crippen LogP contribution < -0.4 is 5.73 Å². The summed E-state index contributed by atoms with van der Waals surface area (Å²) in [5.74, 6) is -0.235. The van der Waals surface area contributed by atoms with Crippen LogP contribution in [0, 0.1) is 0 Å². The third kappa shape index (κ3) is 7.49. The van der Waals surface area contributed by atoms with Gasteiger partial charge in [-0.15, -0.1) is 0 Å². The molecule has 1 rings (SSSR count). The average Bonchev–Trinajstić information content (AvgIpc) is 2.48. The molecule has 0 heterocycles. The van der Waals surface area contributed by atoms with Crippen LogP contribution in [0.1, 0.15) is 44.6 Å². The van der Waals surface area contributed by atoms with E-state index in [9.17, 15) is 9.59 Å². The molecule has 2 amide bonds. The number of benzene rings is 1. The summed E-state index contributed by atoms with van der Waals surface area (Å²) in [7, 11) is 0. The maximum Gasteiger partial charge on any atom is 0.222 e. The van der Waals surface area contributed by atoms with Crippen molar-refractivity contribution in [3.05, 3.63) is 35.9 Å². The van der Waals surface area contributed by atoms with E-state index in [1.807, 2.05) is 30.3 Å². The molecule has 2 N–H and O–H groups in total. The van der Waals surface area contributed by atoms with Crippen LogP contribution in [-0.4, -0.2) is 29.8 Å². The summed E-state index contributed by atoms with van der Waals surface area (Å²) in [4.78, 5) is 24.9. The molecule has 0 radical (unpaired) electrons. The predicted octanol–water partition coefficient (Wildman–Crippen LogP) is 2.51. The standard InChI is InChI=1S/C17H26N2O2/c1-2-3-5-10-17(21)19(14-12-16(18)20)13-11-15-8-6-4-7-9-15/h4,6-9H,2-3,5,10-14H2,1H3,(H2,18,20). The van der Waals surface area contributed by atoms with Gasteiger partial charge in [0.15, 0.2) is 0 Å². The first kappa shape index (κ1) is 17.2. The van der Waals surface area contributed by atoms with Crippen molar-refractivity contribution in [1.82, 2.24) is 4.90 Å². The zero-order valence-corrected chi connectivity index (χ0v) is 12.9. The van der Waals surface area contributed by atoms with E-state index in [-0.39, 0.29) is 18.2 Å². The van der Waals surface area contributed by atoms with Crippen LogP contribution in [0.2, 0.25) is 0 Å². The predicted molar refractivity (Wildman–Crippen MR) is 84.7 cm³/mol. The fourth-order valence-corrected chi connectivity index (χ4v) is 2.20. The van der Waals surface area contributed by atoms with Gasteiger partial charge in [0.05, 0.1) is 0 Å². The minimum absolute atomic E-state index is 0.126. The van der Waals surface area contributed by atoms with Gasteiger partial charge in [0, 0.05) is 25.9 Å². The Labute approximate surface area is 127 Å². The lowest BCUT2D eigenvalue weighted by Gasteiger charge is -2.22. The lowest BCUT2D eigenvalue weighted by Crippen LogP contribution is -2.35. The third-order valence-electron chi connectivity index (χ3n) is 3.49. The maximum absolute atomic E-state index is 12.2. The van der Waals surface area contributed by atoms with Gasteiger partial charge in [-0.05, 0) is 18.4 Å². The zero-order chi connectivity index (χ0) is 15.5. The molecule has 0 aliphatic rings. The fourth-order valence-electron chi connectivity index (χ4n) is 2.20. The van der Waals surface area contributed by atoms with Crippen molar-refractivity contribution < 1.29 is 9.59 Å². The smallest absolute Gasteiger partial charge is 0.222 e. The molecule has 21 heavy (non-hydrogen) atoms. The first-order chi connectivity index (χ1) is 10.1. The van der Waals surface area contributed by atoms with Gasteiger partial charge in [0.2, 0.25) is 11.8 Å². The Morgan fingerprint density at radius 1 is 1.05 bits per heavy atom. The molecule has 0 aliphatic carbocycles. The molecule has 0 aromatic heterocycles. The van der Waals surface area contributed by atoms with Crippen molar-refractivity contribution in [3.8, 4) is 0 Å². The second-order valence-electron chi connectivity index (χ2n) is 5.29. The Hall–Kier alpha value is -1.84. The maximum atomic E-state index is 12.2. The van der Waals surface area contributed by atoms with Crippen molar-refractivity contribution in [1.29, 1.82) is 0 Å². The molecule has 0 fully saturated rings. The molecule has 4 nitrogen and oxygen atoms in total. The quantitative estimate of drug-likeness (QED) is 0.673. The van der Waals surface area contributed by atoms with Gasteiger partial charge in [-0.2, -0.15) is 0 Å². The average molecular weight is 290 g/mol. The van der Waals surface area contributed by atoms with Crippen molar-refractivity contribution in [2.75, 3.05) is 13.1 Å². The van der Waals surface area contributed by atoms with Crippen LogP contribution in [0.25, 0.3) is 0 Å². The molecular formula is C17H26N2O2. The van der Waals surface area contributed by atoms with Gasteiger partial charge in [0.1, 0.15) is 0 Å². The Balaban J connectivity index is 2.50. The molecule has 0 atom stereocenters. The second kappa shape index (κ2) is 9.97. The van der Waals surface area contributed by atoms with E-state index >= 15 is 0 Å². The van der Waals surface area contributed by atoms with E-state index in [2.05, 4.69) is 6.92 Å². The van der Waals surface area contributed by atoms with Crippen LogP contribution in [0.4, 0.5) is 0 Å². The van der Waals surface area contributed by atoms with Crippen LogP contribution in [-0.2, 0) is 16.0 Å².